The molecule has 7 heteroatoms. The molecule has 0 aliphatic rings. The van der Waals surface area contributed by atoms with Gasteiger partial charge in [0.2, 0.25) is 5.82 Å². The van der Waals surface area contributed by atoms with E-state index < -0.39 is 5.54 Å². The zero-order valence-corrected chi connectivity index (χ0v) is 33.6. The van der Waals surface area contributed by atoms with Crippen molar-refractivity contribution >= 4 is 0 Å². The predicted molar refractivity (Wildman–Crippen MR) is 232 cm³/mol. The van der Waals surface area contributed by atoms with E-state index in [-0.39, 0.29) is 6.04 Å². The summed E-state index contributed by atoms with van der Waals surface area (Å²) in [6.45, 7) is 7.72. The van der Waals surface area contributed by atoms with Crippen LogP contribution in [0.4, 0.5) is 0 Å². The third-order valence-corrected chi connectivity index (χ3v) is 10.9. The van der Waals surface area contributed by atoms with Crippen LogP contribution in [0.5, 0.6) is 0 Å². The Labute approximate surface area is 342 Å². The normalized spacial score (nSPS) is 11.7. The third kappa shape index (κ3) is 7.91. The highest BCUT2D eigenvalue weighted by molar-refractivity contribution is 5.80. The Hall–Kier alpha value is -6.44. The Kier molecular flexibility index (Phi) is 11.8. The van der Waals surface area contributed by atoms with Crippen molar-refractivity contribution in [3.63, 3.8) is 0 Å². The summed E-state index contributed by atoms with van der Waals surface area (Å²) in [7, 11) is 0. The minimum Gasteiger partial charge on any atom is -0.370 e. The predicted octanol–water partition coefficient (Wildman–Crippen LogP) is 11.3. The number of rotatable bonds is 16. The van der Waals surface area contributed by atoms with E-state index in [4.69, 9.17) is 25.2 Å². The van der Waals surface area contributed by atoms with Crippen LogP contribution >= 0.6 is 0 Å². The fourth-order valence-corrected chi connectivity index (χ4v) is 8.01. The molecular weight excluding hydrogens is 713 g/mol. The van der Waals surface area contributed by atoms with Crippen molar-refractivity contribution in [1.29, 1.82) is 0 Å². The lowest BCUT2D eigenvalue weighted by molar-refractivity contribution is 0.0998. The molecule has 7 nitrogen and oxygen atoms in total. The summed E-state index contributed by atoms with van der Waals surface area (Å²) in [6, 6.07) is 59.2. The number of hydrogen-bond donors (Lipinski definition) is 0. The Morgan fingerprint density at radius 1 is 0.586 bits per heavy atom. The largest absolute Gasteiger partial charge is 0.370 e. The number of hydrogen-bond acceptors (Lipinski definition) is 5. The molecule has 0 saturated carbocycles. The molecule has 0 aliphatic carbocycles. The molecule has 0 aliphatic heterocycles. The fraction of sp³-hybridized carbons (Fsp3) is 0.216. The number of nitrogens with zero attached hydrogens (tertiary/aromatic N) is 6. The molecule has 0 N–H and O–H groups in total. The lowest BCUT2D eigenvalue weighted by Crippen LogP contribution is -2.39. The Bertz CT molecular complexity index is 2410. The molecule has 6 aromatic carbocycles. The molecule has 0 unspecified atom stereocenters. The highest BCUT2D eigenvalue weighted by Crippen LogP contribution is 2.40. The first-order chi connectivity index (χ1) is 28.6. The quantitative estimate of drug-likeness (QED) is 0.0917. The number of benzene rings is 6. The minimum absolute atomic E-state index is 0.230. The summed E-state index contributed by atoms with van der Waals surface area (Å²) < 4.78 is 8.52. The molecule has 8 rings (SSSR count). The first kappa shape index (κ1) is 38.4. The first-order valence-corrected chi connectivity index (χ1v) is 20.4. The van der Waals surface area contributed by atoms with Gasteiger partial charge >= 0.3 is 0 Å². The van der Waals surface area contributed by atoms with Crippen molar-refractivity contribution in [3.05, 3.63) is 215 Å². The van der Waals surface area contributed by atoms with Crippen LogP contribution in [0, 0.1) is 0 Å². The average Bonchev–Trinajstić information content (AvgIpc) is 3.91. The van der Waals surface area contributed by atoms with Crippen LogP contribution in [0.1, 0.15) is 84.4 Å². The molecular formula is C51H50N6O. The number of aromatic nitrogens is 6. The number of unbranched alkanes of at least 4 members (excludes halogenated alkanes) is 1. The van der Waals surface area contributed by atoms with Crippen molar-refractivity contribution in [1.82, 2.24) is 30.0 Å². The molecule has 0 saturated heterocycles. The summed E-state index contributed by atoms with van der Waals surface area (Å²) in [5.41, 5.74) is 11.4. The SMILES string of the molecule is CCCCc1nn(C(C)C)c(COCc2ccccc2)c1Cc1ccc(-c2ccccc2-c2nnn(C(c3ccccc3)(c3ccccc3)c3ccccc3)n2)cc1. The van der Waals surface area contributed by atoms with Gasteiger partial charge in [-0.25, -0.2) is 0 Å². The summed E-state index contributed by atoms with van der Waals surface area (Å²) in [4.78, 5) is 1.79. The van der Waals surface area contributed by atoms with Gasteiger partial charge in [-0.05, 0) is 70.8 Å². The molecule has 0 atom stereocenters. The van der Waals surface area contributed by atoms with Crippen molar-refractivity contribution in [2.45, 2.75) is 71.2 Å². The smallest absolute Gasteiger partial charge is 0.205 e. The number of ether oxygens (including phenoxy) is 1. The highest BCUT2D eigenvalue weighted by atomic mass is 16.5. The Morgan fingerprint density at radius 3 is 1.71 bits per heavy atom. The van der Waals surface area contributed by atoms with Crippen LogP contribution < -0.4 is 0 Å². The monoisotopic (exact) mass is 762 g/mol. The Morgan fingerprint density at radius 2 is 1.14 bits per heavy atom. The second-order valence-electron chi connectivity index (χ2n) is 15.1. The van der Waals surface area contributed by atoms with E-state index in [0.29, 0.717) is 19.0 Å². The van der Waals surface area contributed by atoms with Crippen LogP contribution in [-0.2, 0) is 36.3 Å². The molecule has 0 fully saturated rings. The van der Waals surface area contributed by atoms with Crippen molar-refractivity contribution in [2.75, 3.05) is 0 Å². The van der Waals surface area contributed by atoms with Gasteiger partial charge in [0.15, 0.2) is 5.54 Å². The molecule has 0 amide bonds. The van der Waals surface area contributed by atoms with E-state index >= 15 is 0 Å². The van der Waals surface area contributed by atoms with Gasteiger partial charge in [0.05, 0.1) is 24.6 Å². The van der Waals surface area contributed by atoms with Gasteiger partial charge in [0, 0.05) is 23.6 Å². The summed E-state index contributed by atoms with van der Waals surface area (Å²) in [6.07, 6.45) is 3.96. The molecule has 58 heavy (non-hydrogen) atoms. The van der Waals surface area contributed by atoms with Crippen LogP contribution in [0.2, 0.25) is 0 Å². The van der Waals surface area contributed by atoms with Gasteiger partial charge in [-0.1, -0.05) is 183 Å². The minimum atomic E-state index is -0.851. The topological polar surface area (TPSA) is 70.7 Å². The zero-order valence-electron chi connectivity index (χ0n) is 33.6. The van der Waals surface area contributed by atoms with E-state index in [2.05, 4.69) is 165 Å². The van der Waals surface area contributed by atoms with Gasteiger partial charge in [-0.2, -0.15) is 5.10 Å². The lowest BCUT2D eigenvalue weighted by atomic mass is 9.77. The van der Waals surface area contributed by atoms with Crippen LogP contribution in [-0.4, -0.2) is 30.0 Å². The molecule has 0 bridgehead atoms. The van der Waals surface area contributed by atoms with Gasteiger partial charge < -0.3 is 4.74 Å². The van der Waals surface area contributed by atoms with Gasteiger partial charge in [0.1, 0.15) is 0 Å². The summed E-state index contributed by atoms with van der Waals surface area (Å²) >= 11 is 0. The zero-order chi connectivity index (χ0) is 39.7. The third-order valence-electron chi connectivity index (χ3n) is 10.9. The van der Waals surface area contributed by atoms with Gasteiger partial charge in [-0.15, -0.1) is 15.0 Å². The molecule has 2 aromatic heterocycles. The van der Waals surface area contributed by atoms with Gasteiger partial charge in [-0.3, -0.25) is 4.68 Å². The molecule has 8 aromatic rings. The maximum Gasteiger partial charge on any atom is 0.205 e. The maximum absolute atomic E-state index is 6.34. The first-order valence-electron chi connectivity index (χ1n) is 20.4. The number of aryl methyl sites for hydroxylation is 1. The lowest BCUT2D eigenvalue weighted by Gasteiger charge is -2.34. The number of tetrazole rings is 1. The molecule has 0 radical (unpaired) electrons. The summed E-state index contributed by atoms with van der Waals surface area (Å²) in [5, 5.41) is 20.0. The van der Waals surface area contributed by atoms with E-state index in [1.807, 2.05) is 30.3 Å². The fourth-order valence-electron chi connectivity index (χ4n) is 8.01. The van der Waals surface area contributed by atoms with Crippen LogP contribution in [0.15, 0.2) is 170 Å². The van der Waals surface area contributed by atoms with E-state index in [1.165, 1.54) is 28.1 Å². The highest BCUT2D eigenvalue weighted by Gasteiger charge is 2.41. The maximum atomic E-state index is 6.34. The van der Waals surface area contributed by atoms with E-state index in [9.17, 15) is 0 Å². The van der Waals surface area contributed by atoms with E-state index in [0.717, 1.165) is 59.1 Å². The van der Waals surface area contributed by atoms with Crippen molar-refractivity contribution in [2.24, 2.45) is 0 Å². The average molecular weight is 763 g/mol. The van der Waals surface area contributed by atoms with Crippen molar-refractivity contribution in [3.8, 4) is 22.5 Å². The summed E-state index contributed by atoms with van der Waals surface area (Å²) in [5.74, 6) is 0.564. The van der Waals surface area contributed by atoms with Crippen LogP contribution in [0.25, 0.3) is 22.5 Å². The molecule has 0 spiro atoms. The standard InChI is InChI=1S/C51H50N6O/c1-4-5-30-48-47(49(56(53-48)38(2)3)37-58-36-40-20-10-6-11-21-40)35-39-31-33-41(34-32-39)45-28-18-19-29-46(45)50-52-55-57(54-50)51(42-22-12-7-13-23-42,43-24-14-8-15-25-43)44-26-16-9-17-27-44/h6-29,31-34,38H,4-5,30,35-37H2,1-3H3. The molecule has 2 heterocycles. The Balaban J connectivity index is 1.13. The van der Waals surface area contributed by atoms with Crippen LogP contribution in [0.3, 0.4) is 0 Å². The second-order valence-corrected chi connectivity index (χ2v) is 15.1. The molecule has 290 valence electrons. The second kappa shape index (κ2) is 17.8. The van der Waals surface area contributed by atoms with Gasteiger partial charge in [0.25, 0.3) is 0 Å². The van der Waals surface area contributed by atoms with E-state index in [1.54, 1.807) is 4.80 Å². The van der Waals surface area contributed by atoms with Crippen molar-refractivity contribution < 1.29 is 4.74 Å².